The van der Waals surface area contributed by atoms with Crippen molar-refractivity contribution in [2.75, 3.05) is 29.2 Å². The number of nitrogens with one attached hydrogen (secondary N) is 2. The lowest BCUT2D eigenvalue weighted by Gasteiger charge is -2.19. The van der Waals surface area contributed by atoms with Crippen molar-refractivity contribution in [2.45, 2.75) is 25.8 Å². The zero-order valence-electron chi connectivity index (χ0n) is 15.3. The molecule has 2 N–H and O–H groups in total. The van der Waals surface area contributed by atoms with Crippen LogP contribution in [0.1, 0.15) is 19.8 Å². The first-order valence-corrected chi connectivity index (χ1v) is 9.17. The van der Waals surface area contributed by atoms with Crippen molar-refractivity contribution in [1.29, 1.82) is 0 Å². The predicted molar refractivity (Wildman–Crippen MR) is 108 cm³/mol. The Labute approximate surface area is 163 Å². The van der Waals surface area contributed by atoms with Crippen molar-refractivity contribution in [1.82, 2.24) is 0 Å². The van der Waals surface area contributed by atoms with E-state index in [-0.39, 0.29) is 11.8 Å². The molecule has 1 aliphatic heterocycles. The fraction of sp³-hybridized carbons (Fsp3) is 0.300. The molecule has 1 saturated heterocycles. The third-order valence-corrected chi connectivity index (χ3v) is 4.72. The van der Waals surface area contributed by atoms with E-state index in [9.17, 15) is 9.59 Å². The van der Waals surface area contributed by atoms with Crippen LogP contribution in [-0.4, -0.2) is 31.5 Å². The van der Waals surface area contributed by atoms with Gasteiger partial charge in [0.25, 0.3) is 0 Å². The van der Waals surface area contributed by atoms with Crippen LogP contribution in [0.3, 0.4) is 0 Å². The minimum atomic E-state index is -0.476. The molecular weight excluding hydrogens is 366 g/mol. The minimum absolute atomic E-state index is 0.134. The molecule has 0 saturated carbocycles. The molecule has 1 atom stereocenters. The van der Waals surface area contributed by atoms with Crippen molar-refractivity contribution >= 4 is 40.5 Å². The van der Waals surface area contributed by atoms with E-state index >= 15 is 0 Å². The second-order valence-electron chi connectivity index (χ2n) is 6.40. The maximum absolute atomic E-state index is 12.5. The Hall–Kier alpha value is -2.73. The van der Waals surface area contributed by atoms with E-state index in [2.05, 4.69) is 10.6 Å². The zero-order valence-corrected chi connectivity index (χ0v) is 16.0. The molecule has 2 aromatic carbocycles. The SMILES string of the molecule is COc1ccc(NC(=O)C(C)Nc2cccc(N3CCCC3=O)c2)cc1Cl. The summed E-state index contributed by atoms with van der Waals surface area (Å²) < 4.78 is 5.11. The van der Waals surface area contributed by atoms with Gasteiger partial charge in [0.15, 0.2) is 0 Å². The molecule has 1 fully saturated rings. The lowest BCUT2D eigenvalue weighted by atomic mass is 10.2. The number of nitrogens with zero attached hydrogens (tertiary/aromatic N) is 1. The summed E-state index contributed by atoms with van der Waals surface area (Å²) in [6.07, 6.45) is 1.46. The molecule has 2 aromatic rings. The van der Waals surface area contributed by atoms with Crippen LogP contribution < -0.4 is 20.3 Å². The fourth-order valence-electron chi connectivity index (χ4n) is 2.99. The first-order chi connectivity index (χ1) is 13.0. The molecule has 0 aromatic heterocycles. The summed E-state index contributed by atoms with van der Waals surface area (Å²) in [5, 5.41) is 6.42. The Morgan fingerprint density at radius 3 is 2.70 bits per heavy atom. The van der Waals surface area contributed by atoms with E-state index in [4.69, 9.17) is 16.3 Å². The van der Waals surface area contributed by atoms with Crippen LogP contribution in [0.15, 0.2) is 42.5 Å². The van der Waals surface area contributed by atoms with Gasteiger partial charge in [-0.25, -0.2) is 0 Å². The van der Waals surface area contributed by atoms with Gasteiger partial charge in [0.2, 0.25) is 11.8 Å². The second kappa shape index (κ2) is 8.31. The second-order valence-corrected chi connectivity index (χ2v) is 6.81. The standard InChI is InChI=1S/C20H22ClN3O3/c1-13(20(26)23-15-8-9-18(27-2)17(21)12-15)22-14-5-3-6-16(11-14)24-10-4-7-19(24)25/h3,5-6,8-9,11-13,22H,4,7,10H2,1-2H3,(H,23,26). The van der Waals surface area contributed by atoms with Gasteiger partial charge in [-0.05, 0) is 49.7 Å². The molecular formula is C20H22ClN3O3. The maximum atomic E-state index is 12.5. The number of carbonyl (C=O) groups is 2. The predicted octanol–water partition coefficient (Wildman–Crippen LogP) is 3.91. The van der Waals surface area contributed by atoms with Crippen LogP contribution in [0.5, 0.6) is 5.75 Å². The van der Waals surface area contributed by atoms with Gasteiger partial charge in [-0.1, -0.05) is 17.7 Å². The molecule has 1 heterocycles. The van der Waals surface area contributed by atoms with Crippen molar-refractivity contribution in [3.63, 3.8) is 0 Å². The molecule has 27 heavy (non-hydrogen) atoms. The summed E-state index contributed by atoms with van der Waals surface area (Å²) in [6.45, 7) is 2.50. The number of anilines is 3. The number of rotatable bonds is 6. The van der Waals surface area contributed by atoms with Gasteiger partial charge in [-0.3, -0.25) is 9.59 Å². The number of ether oxygens (including phenoxy) is 1. The van der Waals surface area contributed by atoms with E-state index < -0.39 is 6.04 Å². The van der Waals surface area contributed by atoms with E-state index in [0.717, 1.165) is 24.3 Å². The smallest absolute Gasteiger partial charge is 0.246 e. The molecule has 7 heteroatoms. The summed E-state index contributed by atoms with van der Waals surface area (Å²) >= 11 is 6.09. The molecule has 0 aliphatic carbocycles. The number of hydrogen-bond donors (Lipinski definition) is 2. The average Bonchev–Trinajstić information content (AvgIpc) is 3.08. The largest absolute Gasteiger partial charge is 0.495 e. The van der Waals surface area contributed by atoms with Gasteiger partial charge >= 0.3 is 0 Å². The lowest BCUT2D eigenvalue weighted by Crippen LogP contribution is -2.32. The number of hydrogen-bond acceptors (Lipinski definition) is 4. The molecule has 0 bridgehead atoms. The molecule has 142 valence electrons. The highest BCUT2D eigenvalue weighted by atomic mass is 35.5. The van der Waals surface area contributed by atoms with Crippen LogP contribution in [0, 0.1) is 0 Å². The molecule has 2 amide bonds. The monoisotopic (exact) mass is 387 g/mol. The van der Waals surface area contributed by atoms with Gasteiger partial charge in [-0.15, -0.1) is 0 Å². The van der Waals surface area contributed by atoms with Crippen LogP contribution in [0.4, 0.5) is 17.1 Å². The average molecular weight is 388 g/mol. The van der Waals surface area contributed by atoms with E-state index in [1.54, 1.807) is 30.0 Å². The zero-order chi connectivity index (χ0) is 19.4. The van der Waals surface area contributed by atoms with Crippen molar-refractivity contribution < 1.29 is 14.3 Å². The molecule has 0 radical (unpaired) electrons. The summed E-state index contributed by atoms with van der Waals surface area (Å²) in [7, 11) is 1.54. The summed E-state index contributed by atoms with van der Waals surface area (Å²) in [5.41, 5.74) is 2.22. The first kappa shape index (κ1) is 19.0. The third kappa shape index (κ3) is 4.52. The van der Waals surface area contributed by atoms with E-state index in [1.165, 1.54) is 7.11 Å². The summed E-state index contributed by atoms with van der Waals surface area (Å²) in [5.74, 6) is 0.488. The highest BCUT2D eigenvalue weighted by Crippen LogP contribution is 2.28. The highest BCUT2D eigenvalue weighted by Gasteiger charge is 2.22. The number of carbonyl (C=O) groups excluding carboxylic acids is 2. The molecule has 6 nitrogen and oxygen atoms in total. The van der Waals surface area contributed by atoms with Gasteiger partial charge in [0.05, 0.1) is 12.1 Å². The number of amides is 2. The fourth-order valence-corrected chi connectivity index (χ4v) is 3.25. The van der Waals surface area contributed by atoms with Gasteiger partial charge < -0.3 is 20.3 Å². The normalized spacial score (nSPS) is 14.8. The summed E-state index contributed by atoms with van der Waals surface area (Å²) in [6, 6.07) is 12.1. The topological polar surface area (TPSA) is 70.7 Å². The van der Waals surface area contributed by atoms with E-state index in [0.29, 0.717) is 22.9 Å². The Morgan fingerprint density at radius 1 is 1.22 bits per heavy atom. The van der Waals surface area contributed by atoms with Crippen molar-refractivity contribution in [3.05, 3.63) is 47.5 Å². The highest BCUT2D eigenvalue weighted by molar-refractivity contribution is 6.32. The van der Waals surface area contributed by atoms with Crippen LogP contribution in [-0.2, 0) is 9.59 Å². The Bertz CT molecular complexity index is 856. The molecule has 1 aliphatic rings. The Morgan fingerprint density at radius 2 is 2.04 bits per heavy atom. The van der Waals surface area contributed by atoms with Crippen LogP contribution >= 0.6 is 11.6 Å². The molecule has 0 spiro atoms. The van der Waals surface area contributed by atoms with Gasteiger partial charge in [0.1, 0.15) is 11.8 Å². The van der Waals surface area contributed by atoms with Gasteiger partial charge in [0, 0.05) is 30.0 Å². The summed E-state index contributed by atoms with van der Waals surface area (Å²) in [4.78, 5) is 26.2. The van der Waals surface area contributed by atoms with E-state index in [1.807, 2.05) is 24.3 Å². The number of halogens is 1. The van der Waals surface area contributed by atoms with Gasteiger partial charge in [-0.2, -0.15) is 0 Å². The Balaban J connectivity index is 1.64. The first-order valence-electron chi connectivity index (χ1n) is 8.79. The minimum Gasteiger partial charge on any atom is -0.495 e. The molecule has 1 unspecified atom stereocenters. The third-order valence-electron chi connectivity index (χ3n) is 4.43. The number of benzene rings is 2. The Kier molecular flexibility index (Phi) is 5.86. The van der Waals surface area contributed by atoms with Crippen LogP contribution in [0.2, 0.25) is 5.02 Å². The van der Waals surface area contributed by atoms with Crippen molar-refractivity contribution in [2.24, 2.45) is 0 Å². The van der Waals surface area contributed by atoms with Crippen molar-refractivity contribution in [3.8, 4) is 5.75 Å². The quantitative estimate of drug-likeness (QED) is 0.788. The maximum Gasteiger partial charge on any atom is 0.246 e. The number of methoxy groups -OCH3 is 1. The molecule has 3 rings (SSSR count). The van der Waals surface area contributed by atoms with Crippen LogP contribution in [0.25, 0.3) is 0 Å². The lowest BCUT2D eigenvalue weighted by molar-refractivity contribution is -0.117.